The van der Waals surface area contributed by atoms with E-state index >= 15 is 0 Å². The van der Waals surface area contributed by atoms with E-state index < -0.39 is 16.1 Å². The molecule has 0 saturated heterocycles. The van der Waals surface area contributed by atoms with Crippen molar-refractivity contribution in [2.45, 2.75) is 46.2 Å². The minimum absolute atomic E-state index is 0.0615. The fraction of sp³-hybridized carbons (Fsp3) is 0.481. The highest BCUT2D eigenvalue weighted by molar-refractivity contribution is 7.92. The lowest BCUT2D eigenvalue weighted by Crippen LogP contribution is -2.48. The lowest BCUT2D eigenvalue weighted by atomic mass is 10.1. The number of sulfonamides is 1. The van der Waals surface area contributed by atoms with Gasteiger partial charge in [-0.3, -0.25) is 13.9 Å². The summed E-state index contributed by atoms with van der Waals surface area (Å²) in [5.74, 6) is 0.826. The largest absolute Gasteiger partial charge is 0.486 e. The Bertz CT molecular complexity index is 1220. The van der Waals surface area contributed by atoms with Crippen molar-refractivity contribution in [3.63, 3.8) is 0 Å². The van der Waals surface area contributed by atoms with Gasteiger partial charge in [0.15, 0.2) is 11.5 Å². The molecule has 2 aromatic carbocycles. The Kier molecular flexibility index (Phi) is 10.3. The van der Waals surface area contributed by atoms with Crippen molar-refractivity contribution >= 4 is 39.1 Å². The molecule has 11 heteroatoms. The molecule has 0 saturated carbocycles. The Hall–Kier alpha value is -2.98. The zero-order chi connectivity index (χ0) is 27.9. The molecule has 1 aliphatic heterocycles. The van der Waals surface area contributed by atoms with Crippen LogP contribution in [0.25, 0.3) is 0 Å². The van der Waals surface area contributed by atoms with Crippen LogP contribution in [0.5, 0.6) is 11.5 Å². The first-order valence-corrected chi connectivity index (χ1v) is 14.9. The minimum atomic E-state index is -3.63. The van der Waals surface area contributed by atoms with Crippen molar-refractivity contribution in [2.24, 2.45) is 5.92 Å². The fourth-order valence-electron chi connectivity index (χ4n) is 4.01. The van der Waals surface area contributed by atoms with Gasteiger partial charge in [0, 0.05) is 37.1 Å². The second-order valence-electron chi connectivity index (χ2n) is 9.73. The molecule has 0 fully saturated rings. The minimum Gasteiger partial charge on any atom is -0.486 e. The molecule has 2 amide bonds. The molecule has 0 bridgehead atoms. The first-order chi connectivity index (χ1) is 18.0. The van der Waals surface area contributed by atoms with Crippen LogP contribution in [0.3, 0.4) is 0 Å². The van der Waals surface area contributed by atoms with Gasteiger partial charge >= 0.3 is 0 Å². The Morgan fingerprint density at radius 3 is 2.32 bits per heavy atom. The van der Waals surface area contributed by atoms with E-state index in [1.165, 1.54) is 9.21 Å². The normalized spacial score (nSPS) is 13.6. The zero-order valence-electron chi connectivity index (χ0n) is 22.3. The van der Waals surface area contributed by atoms with E-state index in [4.69, 9.17) is 21.1 Å². The molecule has 1 N–H and O–H groups in total. The molecule has 0 radical (unpaired) electrons. The number of fused-ring (bicyclic) bond motifs is 1. The molecular formula is C27H36ClN3O6S. The lowest BCUT2D eigenvalue weighted by Gasteiger charge is -2.30. The quantitative estimate of drug-likeness (QED) is 0.419. The Morgan fingerprint density at radius 2 is 1.68 bits per heavy atom. The summed E-state index contributed by atoms with van der Waals surface area (Å²) in [7, 11) is -3.63. The zero-order valence-corrected chi connectivity index (χ0v) is 23.8. The van der Waals surface area contributed by atoms with Gasteiger partial charge in [-0.1, -0.05) is 37.6 Å². The third kappa shape index (κ3) is 8.26. The Balaban J connectivity index is 1.72. The van der Waals surface area contributed by atoms with Crippen molar-refractivity contribution in [3.05, 3.63) is 53.1 Å². The number of halogens is 1. The Morgan fingerprint density at radius 1 is 1.03 bits per heavy atom. The van der Waals surface area contributed by atoms with Crippen molar-refractivity contribution in [1.29, 1.82) is 0 Å². The number of rotatable bonds is 12. The molecule has 9 nitrogen and oxygen atoms in total. The van der Waals surface area contributed by atoms with Gasteiger partial charge in [0.1, 0.15) is 19.3 Å². The van der Waals surface area contributed by atoms with Crippen LogP contribution in [0.1, 0.15) is 39.2 Å². The summed E-state index contributed by atoms with van der Waals surface area (Å²) < 4.78 is 37.6. The molecular weight excluding hydrogens is 530 g/mol. The lowest BCUT2D eigenvalue weighted by molar-refractivity contribution is -0.140. The molecule has 1 aliphatic rings. The van der Waals surface area contributed by atoms with E-state index in [-0.39, 0.29) is 43.7 Å². The fourth-order valence-corrected chi connectivity index (χ4v) is 5.10. The maximum Gasteiger partial charge on any atom is 0.242 e. The van der Waals surface area contributed by atoms with E-state index in [1.54, 1.807) is 37.3 Å². The second-order valence-corrected chi connectivity index (χ2v) is 12.1. The average Bonchev–Trinajstić information content (AvgIpc) is 2.87. The number of amides is 2. The number of ether oxygens (including phenoxy) is 2. The second kappa shape index (κ2) is 13.2. The highest BCUT2D eigenvalue weighted by Gasteiger charge is 2.27. The number of anilines is 1. The number of nitrogens with zero attached hydrogens (tertiary/aromatic N) is 2. The average molecular weight is 566 g/mol. The third-order valence-electron chi connectivity index (χ3n) is 6.08. The standard InChI is InChI=1S/C27H36ClN3O6S/c1-19(2)17-29-27(33)20(3)30(18-21-7-9-22(28)10-8-21)26(32)6-5-13-31(38(4,34)35)23-11-12-24-25(16-23)37-15-14-36-24/h7-12,16,19-20H,5-6,13-15,17-18H2,1-4H3,(H,29,33)/t20-/m1/s1. The molecule has 0 unspecified atom stereocenters. The van der Waals surface area contributed by atoms with Gasteiger partial charge in [0.25, 0.3) is 0 Å². The topological polar surface area (TPSA) is 105 Å². The first-order valence-electron chi connectivity index (χ1n) is 12.6. The van der Waals surface area contributed by atoms with Crippen LogP contribution in [-0.4, -0.2) is 63.7 Å². The summed E-state index contributed by atoms with van der Waals surface area (Å²) in [5, 5.41) is 3.47. The van der Waals surface area contributed by atoms with Crippen molar-refractivity contribution < 1.29 is 27.5 Å². The number of benzene rings is 2. The predicted molar refractivity (Wildman–Crippen MR) is 148 cm³/mol. The van der Waals surface area contributed by atoms with Crippen molar-refractivity contribution in [1.82, 2.24) is 10.2 Å². The molecule has 3 rings (SSSR count). The Labute approximate surface area is 230 Å². The molecule has 38 heavy (non-hydrogen) atoms. The van der Waals surface area contributed by atoms with Crippen molar-refractivity contribution in [3.8, 4) is 11.5 Å². The van der Waals surface area contributed by atoms with Crippen LogP contribution in [0.4, 0.5) is 5.69 Å². The van der Waals surface area contributed by atoms with Crippen LogP contribution in [0.15, 0.2) is 42.5 Å². The van der Waals surface area contributed by atoms with E-state index in [9.17, 15) is 18.0 Å². The van der Waals surface area contributed by atoms with Crippen molar-refractivity contribution in [2.75, 3.05) is 36.9 Å². The van der Waals surface area contributed by atoms with Crippen LogP contribution in [0.2, 0.25) is 5.02 Å². The first kappa shape index (κ1) is 29.6. The van der Waals surface area contributed by atoms with E-state index in [1.807, 2.05) is 26.0 Å². The SMILES string of the molecule is CC(C)CNC(=O)[C@@H](C)N(Cc1ccc(Cl)cc1)C(=O)CCCN(c1ccc2c(c1)OCCO2)S(C)(=O)=O. The smallest absolute Gasteiger partial charge is 0.242 e. The molecule has 208 valence electrons. The number of hydrogen-bond donors (Lipinski definition) is 1. The molecule has 0 aromatic heterocycles. The maximum atomic E-state index is 13.4. The number of nitrogens with one attached hydrogen (secondary N) is 1. The summed E-state index contributed by atoms with van der Waals surface area (Å²) in [6, 6.07) is 11.4. The number of carbonyl (C=O) groups is 2. The maximum absolute atomic E-state index is 13.4. The third-order valence-corrected chi connectivity index (χ3v) is 7.53. The molecule has 1 atom stereocenters. The van der Waals surface area contributed by atoms with Crippen LogP contribution >= 0.6 is 11.6 Å². The highest BCUT2D eigenvalue weighted by Crippen LogP contribution is 2.34. The van der Waals surface area contributed by atoms with Gasteiger partial charge in [-0.2, -0.15) is 0 Å². The molecule has 1 heterocycles. The number of carbonyl (C=O) groups excluding carboxylic acids is 2. The predicted octanol–water partition coefficient (Wildman–Crippen LogP) is 3.85. The van der Waals surface area contributed by atoms with Gasteiger partial charge in [0.2, 0.25) is 21.8 Å². The monoisotopic (exact) mass is 565 g/mol. The summed E-state index contributed by atoms with van der Waals surface area (Å²) in [4.78, 5) is 27.7. The molecule has 2 aromatic rings. The summed E-state index contributed by atoms with van der Waals surface area (Å²) in [5.41, 5.74) is 1.27. The van der Waals surface area contributed by atoms with Gasteiger partial charge in [-0.15, -0.1) is 0 Å². The van der Waals surface area contributed by atoms with E-state index in [0.717, 1.165) is 11.8 Å². The van der Waals surface area contributed by atoms with Gasteiger partial charge in [-0.25, -0.2) is 8.42 Å². The van der Waals surface area contributed by atoms with Gasteiger partial charge in [0.05, 0.1) is 11.9 Å². The summed E-state index contributed by atoms with van der Waals surface area (Å²) in [6.45, 7) is 7.33. The van der Waals surface area contributed by atoms with Gasteiger partial charge in [-0.05, 0) is 49.1 Å². The number of hydrogen-bond acceptors (Lipinski definition) is 6. The molecule has 0 aliphatic carbocycles. The van der Waals surface area contributed by atoms with Crippen LogP contribution in [0, 0.1) is 5.92 Å². The highest BCUT2D eigenvalue weighted by atomic mass is 35.5. The van der Waals surface area contributed by atoms with E-state index in [0.29, 0.717) is 42.0 Å². The van der Waals surface area contributed by atoms with E-state index in [2.05, 4.69) is 5.32 Å². The van der Waals surface area contributed by atoms with Crippen LogP contribution < -0.4 is 19.1 Å². The summed E-state index contributed by atoms with van der Waals surface area (Å²) >= 11 is 6.01. The van der Waals surface area contributed by atoms with Crippen LogP contribution in [-0.2, 0) is 26.2 Å². The van der Waals surface area contributed by atoms with Gasteiger partial charge < -0.3 is 19.7 Å². The molecule has 0 spiro atoms. The summed E-state index contributed by atoms with van der Waals surface area (Å²) in [6.07, 6.45) is 1.45.